The van der Waals surface area contributed by atoms with Gasteiger partial charge in [0.05, 0.1) is 15.9 Å². The lowest BCUT2D eigenvalue weighted by Gasteiger charge is -2.14. The SMILES string of the molecule is [CH]c1ncnc2cc(C(C)(C)C)sc12. The van der Waals surface area contributed by atoms with Crippen LogP contribution in [0.15, 0.2) is 12.4 Å². The maximum absolute atomic E-state index is 5.77. The molecule has 0 aliphatic rings. The summed E-state index contributed by atoms with van der Waals surface area (Å²) in [7, 11) is 0. The fourth-order valence-corrected chi connectivity index (χ4v) is 2.31. The molecule has 3 heteroatoms. The van der Waals surface area contributed by atoms with Gasteiger partial charge in [-0.15, -0.1) is 11.3 Å². The molecular formula is C11H12N2S. The van der Waals surface area contributed by atoms with Crippen molar-refractivity contribution in [2.75, 3.05) is 0 Å². The Hall–Kier alpha value is -0.960. The molecule has 0 spiro atoms. The topological polar surface area (TPSA) is 25.8 Å². The van der Waals surface area contributed by atoms with Gasteiger partial charge in [-0.3, -0.25) is 0 Å². The van der Waals surface area contributed by atoms with Gasteiger partial charge in [0.2, 0.25) is 0 Å². The summed E-state index contributed by atoms with van der Waals surface area (Å²) in [4.78, 5) is 9.47. The highest BCUT2D eigenvalue weighted by Gasteiger charge is 2.17. The first-order valence-corrected chi connectivity index (χ1v) is 5.30. The monoisotopic (exact) mass is 204 g/mol. The molecule has 14 heavy (non-hydrogen) atoms. The van der Waals surface area contributed by atoms with Gasteiger partial charge in [0.15, 0.2) is 0 Å². The van der Waals surface area contributed by atoms with Crippen molar-refractivity contribution < 1.29 is 0 Å². The van der Waals surface area contributed by atoms with Crippen LogP contribution >= 0.6 is 11.3 Å². The fraction of sp³-hybridized carbons (Fsp3) is 0.364. The van der Waals surface area contributed by atoms with E-state index in [0.29, 0.717) is 5.69 Å². The molecular weight excluding hydrogens is 192 g/mol. The number of hydrogen-bond acceptors (Lipinski definition) is 3. The summed E-state index contributed by atoms with van der Waals surface area (Å²) in [6, 6.07) is 2.10. The van der Waals surface area contributed by atoms with Crippen LogP contribution in [0, 0.1) is 6.92 Å². The average Bonchev–Trinajstić information content (AvgIpc) is 2.48. The Balaban J connectivity index is 2.69. The van der Waals surface area contributed by atoms with Gasteiger partial charge in [-0.05, 0) is 11.5 Å². The zero-order chi connectivity index (χ0) is 10.3. The third kappa shape index (κ3) is 1.52. The van der Waals surface area contributed by atoms with Crippen molar-refractivity contribution in [3.63, 3.8) is 0 Å². The van der Waals surface area contributed by atoms with Gasteiger partial charge in [-0.25, -0.2) is 9.97 Å². The van der Waals surface area contributed by atoms with Gasteiger partial charge in [0, 0.05) is 11.8 Å². The molecule has 2 heterocycles. The molecule has 0 atom stereocenters. The molecule has 0 aromatic carbocycles. The van der Waals surface area contributed by atoms with Gasteiger partial charge in [-0.1, -0.05) is 20.8 Å². The molecule has 0 fully saturated rings. The van der Waals surface area contributed by atoms with Crippen molar-refractivity contribution in [2.24, 2.45) is 0 Å². The summed E-state index contributed by atoms with van der Waals surface area (Å²) in [5.41, 5.74) is 1.68. The number of thiophene rings is 1. The van der Waals surface area contributed by atoms with Crippen LogP contribution in [0.5, 0.6) is 0 Å². The molecule has 2 nitrogen and oxygen atoms in total. The Bertz CT molecular complexity index is 466. The van der Waals surface area contributed by atoms with Crippen LogP contribution in [0.1, 0.15) is 31.3 Å². The van der Waals surface area contributed by atoms with Gasteiger partial charge in [0.1, 0.15) is 6.33 Å². The number of aromatic nitrogens is 2. The van der Waals surface area contributed by atoms with Crippen LogP contribution in [0.2, 0.25) is 0 Å². The minimum atomic E-state index is 0.151. The molecule has 0 N–H and O–H groups in total. The summed E-state index contributed by atoms with van der Waals surface area (Å²) in [5, 5.41) is 0. The van der Waals surface area contributed by atoms with Gasteiger partial charge < -0.3 is 0 Å². The smallest absolute Gasteiger partial charge is 0.116 e. The number of hydrogen-bond donors (Lipinski definition) is 0. The van der Waals surface area contributed by atoms with Crippen LogP contribution in [-0.4, -0.2) is 9.97 Å². The van der Waals surface area contributed by atoms with E-state index in [4.69, 9.17) is 6.92 Å². The molecule has 2 aromatic heterocycles. The highest BCUT2D eigenvalue weighted by atomic mass is 32.1. The zero-order valence-electron chi connectivity index (χ0n) is 8.53. The Morgan fingerprint density at radius 2 is 2.00 bits per heavy atom. The Kier molecular flexibility index (Phi) is 2.07. The van der Waals surface area contributed by atoms with E-state index in [1.165, 1.54) is 11.2 Å². The Morgan fingerprint density at radius 1 is 1.29 bits per heavy atom. The lowest BCUT2D eigenvalue weighted by molar-refractivity contribution is 0.604. The predicted octanol–water partition coefficient (Wildman–Crippen LogP) is 3.05. The van der Waals surface area contributed by atoms with E-state index in [0.717, 1.165) is 10.2 Å². The third-order valence-corrected chi connectivity index (χ3v) is 3.65. The minimum absolute atomic E-state index is 0.151. The van der Waals surface area contributed by atoms with E-state index in [1.54, 1.807) is 11.3 Å². The van der Waals surface area contributed by atoms with Crippen molar-refractivity contribution in [3.05, 3.63) is 29.9 Å². The maximum atomic E-state index is 5.77. The van der Waals surface area contributed by atoms with Crippen molar-refractivity contribution in [3.8, 4) is 0 Å². The molecule has 72 valence electrons. The maximum Gasteiger partial charge on any atom is 0.116 e. The molecule has 0 saturated heterocycles. The van der Waals surface area contributed by atoms with Crippen molar-refractivity contribution in [1.82, 2.24) is 9.97 Å². The molecule has 0 aliphatic carbocycles. The molecule has 2 aromatic rings. The highest BCUT2D eigenvalue weighted by molar-refractivity contribution is 7.19. The van der Waals surface area contributed by atoms with Gasteiger partial charge in [0.25, 0.3) is 0 Å². The molecule has 0 aliphatic heterocycles. The number of nitrogens with zero attached hydrogens (tertiary/aromatic N) is 2. The first kappa shape index (κ1) is 9.59. The molecule has 2 radical (unpaired) electrons. The summed E-state index contributed by atoms with van der Waals surface area (Å²) in [6.45, 7) is 12.3. The molecule has 2 rings (SSSR count). The quantitative estimate of drug-likeness (QED) is 0.659. The second-order valence-corrected chi connectivity index (χ2v) is 5.39. The van der Waals surface area contributed by atoms with E-state index in [9.17, 15) is 0 Å². The van der Waals surface area contributed by atoms with Gasteiger partial charge >= 0.3 is 0 Å². The van der Waals surface area contributed by atoms with Gasteiger partial charge in [-0.2, -0.15) is 0 Å². The summed E-state index contributed by atoms with van der Waals surface area (Å²) < 4.78 is 0.998. The number of rotatable bonds is 0. The lowest BCUT2D eigenvalue weighted by Crippen LogP contribution is -2.07. The minimum Gasteiger partial charge on any atom is -0.240 e. The third-order valence-electron chi connectivity index (χ3n) is 2.08. The van der Waals surface area contributed by atoms with E-state index in [2.05, 4.69) is 36.8 Å². The molecule has 0 amide bonds. The first-order chi connectivity index (χ1) is 6.48. The van der Waals surface area contributed by atoms with Crippen LogP contribution in [-0.2, 0) is 5.41 Å². The van der Waals surface area contributed by atoms with E-state index < -0.39 is 0 Å². The largest absolute Gasteiger partial charge is 0.240 e. The lowest BCUT2D eigenvalue weighted by atomic mass is 9.95. The Labute approximate surface area is 88.0 Å². The second-order valence-electron chi connectivity index (χ2n) is 4.33. The standard InChI is InChI=1S/C11H12N2S/c1-7-10-8(13-6-12-7)5-9(14-10)11(2,3)4/h1,5-6H,2-4H3. The van der Waals surface area contributed by atoms with Crippen molar-refractivity contribution >= 4 is 21.6 Å². The summed E-state index contributed by atoms with van der Waals surface area (Å²) >= 11 is 1.68. The van der Waals surface area contributed by atoms with E-state index >= 15 is 0 Å². The summed E-state index contributed by atoms with van der Waals surface area (Å²) in [5.74, 6) is 0. The second kappa shape index (κ2) is 3.02. The normalized spacial score (nSPS) is 12.3. The van der Waals surface area contributed by atoms with Crippen molar-refractivity contribution in [2.45, 2.75) is 26.2 Å². The summed E-state index contributed by atoms with van der Waals surface area (Å²) in [6.07, 6.45) is 1.51. The van der Waals surface area contributed by atoms with Crippen LogP contribution in [0.3, 0.4) is 0 Å². The van der Waals surface area contributed by atoms with Crippen LogP contribution < -0.4 is 0 Å². The molecule has 0 saturated carbocycles. The van der Waals surface area contributed by atoms with Crippen LogP contribution in [0.25, 0.3) is 10.2 Å². The zero-order valence-corrected chi connectivity index (χ0v) is 9.35. The predicted molar refractivity (Wildman–Crippen MR) is 59.5 cm³/mol. The van der Waals surface area contributed by atoms with Crippen molar-refractivity contribution in [1.29, 1.82) is 0 Å². The van der Waals surface area contributed by atoms with Crippen LogP contribution in [0.4, 0.5) is 0 Å². The fourth-order valence-electron chi connectivity index (χ4n) is 1.24. The highest BCUT2D eigenvalue weighted by Crippen LogP contribution is 2.33. The Morgan fingerprint density at radius 3 is 2.57 bits per heavy atom. The van der Waals surface area contributed by atoms with E-state index in [-0.39, 0.29) is 5.41 Å². The molecule has 0 unspecified atom stereocenters. The first-order valence-electron chi connectivity index (χ1n) is 4.49. The molecule has 0 bridgehead atoms. The van der Waals surface area contributed by atoms with E-state index in [1.807, 2.05) is 0 Å². The number of fused-ring (bicyclic) bond motifs is 1. The average molecular weight is 204 g/mol.